The summed E-state index contributed by atoms with van der Waals surface area (Å²) in [6, 6.07) is 20.7. The molecule has 0 atom stereocenters. The van der Waals surface area contributed by atoms with Crippen molar-refractivity contribution < 1.29 is 9.21 Å². The second-order valence-corrected chi connectivity index (χ2v) is 8.41. The van der Waals surface area contributed by atoms with Crippen LogP contribution in [0, 0.1) is 6.92 Å². The van der Waals surface area contributed by atoms with Gasteiger partial charge in [-0.25, -0.2) is 4.98 Å². The van der Waals surface area contributed by atoms with Crippen LogP contribution in [-0.4, -0.2) is 15.3 Å². The molecule has 0 aliphatic rings. The van der Waals surface area contributed by atoms with Gasteiger partial charge in [-0.1, -0.05) is 60.7 Å². The summed E-state index contributed by atoms with van der Waals surface area (Å²) in [7, 11) is 0. The molecule has 2 aromatic heterocycles. The Morgan fingerprint density at radius 3 is 2.55 bits per heavy atom. The fraction of sp³-hybridized carbons (Fsp3) is 0.241. The number of hydrogen-bond acceptors (Lipinski definition) is 3. The number of carbonyl (C=O) groups is 1. The number of aryl methyl sites for hydroxylation is 1. The number of ketones is 1. The normalized spacial score (nSPS) is 11.3. The summed E-state index contributed by atoms with van der Waals surface area (Å²) in [5.41, 5.74) is 5.74. The molecular weight excluding hydrogens is 408 g/mol. The first-order chi connectivity index (χ1) is 16.1. The number of carbonyl (C=O) groups excluding carboxylic acids is 1. The first-order valence-corrected chi connectivity index (χ1v) is 11.5. The van der Waals surface area contributed by atoms with E-state index in [4.69, 9.17) is 9.40 Å². The first-order valence-electron chi connectivity index (χ1n) is 11.5. The molecule has 0 saturated carbocycles. The average Bonchev–Trinajstić information content (AvgIpc) is 3.48. The monoisotopic (exact) mass is 438 g/mol. The Balaban J connectivity index is 1.50. The van der Waals surface area contributed by atoms with Crippen molar-refractivity contribution in [2.75, 3.05) is 0 Å². The standard InChI is InChI=1S/C29H30N2O2/c1-22-20-30-29(26-17-15-25(16-18-26)28-14-9-19-33-28)31(22)21-27-13-8-7-12-24(27)11-6-4-3-5-10-23(2)32/h6-9,11-20H,3-5,10,21H2,1-2H3/b11-6+. The predicted molar refractivity (Wildman–Crippen MR) is 134 cm³/mol. The lowest BCUT2D eigenvalue weighted by molar-refractivity contribution is -0.117. The number of imidazole rings is 1. The third kappa shape index (κ3) is 5.78. The molecule has 0 amide bonds. The smallest absolute Gasteiger partial charge is 0.140 e. The van der Waals surface area contributed by atoms with Crippen LogP contribution in [0.25, 0.3) is 28.8 Å². The van der Waals surface area contributed by atoms with Crippen molar-refractivity contribution in [1.29, 1.82) is 0 Å². The predicted octanol–water partition coefficient (Wildman–Crippen LogP) is 7.33. The van der Waals surface area contributed by atoms with Gasteiger partial charge in [0.15, 0.2) is 0 Å². The number of hydrogen-bond donors (Lipinski definition) is 0. The lowest BCUT2D eigenvalue weighted by Crippen LogP contribution is -2.05. The van der Waals surface area contributed by atoms with Crippen LogP contribution in [0.15, 0.2) is 83.6 Å². The Bertz CT molecular complexity index is 1220. The second kappa shape index (κ2) is 10.8. The zero-order chi connectivity index (χ0) is 23.0. The number of unbranched alkanes of at least 4 members (excludes halogenated alkanes) is 2. The van der Waals surface area contributed by atoms with Gasteiger partial charge in [-0.2, -0.15) is 0 Å². The molecule has 0 unspecified atom stereocenters. The van der Waals surface area contributed by atoms with Gasteiger partial charge in [-0.3, -0.25) is 0 Å². The van der Waals surface area contributed by atoms with E-state index in [2.05, 4.69) is 72.2 Å². The molecule has 0 saturated heterocycles. The van der Waals surface area contributed by atoms with Crippen LogP contribution in [0.5, 0.6) is 0 Å². The Kier molecular flexibility index (Phi) is 7.36. The Hall–Kier alpha value is -3.66. The molecule has 168 valence electrons. The van der Waals surface area contributed by atoms with E-state index in [0.717, 1.165) is 54.2 Å². The number of furan rings is 1. The molecule has 0 radical (unpaired) electrons. The van der Waals surface area contributed by atoms with Crippen LogP contribution in [0.1, 0.15) is 49.4 Å². The molecule has 4 rings (SSSR count). The highest BCUT2D eigenvalue weighted by molar-refractivity contribution is 5.75. The molecule has 4 aromatic rings. The van der Waals surface area contributed by atoms with Gasteiger partial charge >= 0.3 is 0 Å². The zero-order valence-corrected chi connectivity index (χ0v) is 19.3. The van der Waals surface area contributed by atoms with Gasteiger partial charge in [0, 0.05) is 36.0 Å². The van der Waals surface area contributed by atoms with Crippen LogP contribution in [0.3, 0.4) is 0 Å². The van der Waals surface area contributed by atoms with E-state index in [-0.39, 0.29) is 5.78 Å². The minimum Gasteiger partial charge on any atom is -0.464 e. The van der Waals surface area contributed by atoms with E-state index < -0.39 is 0 Å². The minimum absolute atomic E-state index is 0.270. The van der Waals surface area contributed by atoms with Gasteiger partial charge in [0.1, 0.15) is 17.4 Å². The third-order valence-corrected chi connectivity index (χ3v) is 5.83. The number of allylic oxidation sites excluding steroid dienone is 1. The number of benzene rings is 2. The van der Waals surface area contributed by atoms with E-state index in [1.54, 1.807) is 13.2 Å². The van der Waals surface area contributed by atoms with Crippen molar-refractivity contribution in [3.05, 3.63) is 96.0 Å². The van der Waals surface area contributed by atoms with Gasteiger partial charge < -0.3 is 13.8 Å². The van der Waals surface area contributed by atoms with Crippen LogP contribution in [-0.2, 0) is 11.3 Å². The molecule has 2 heterocycles. The molecule has 0 aliphatic heterocycles. The van der Waals surface area contributed by atoms with Crippen LogP contribution >= 0.6 is 0 Å². The maximum absolute atomic E-state index is 11.1. The lowest BCUT2D eigenvalue weighted by atomic mass is 10.0. The highest BCUT2D eigenvalue weighted by atomic mass is 16.3. The summed E-state index contributed by atoms with van der Waals surface area (Å²) >= 11 is 0. The summed E-state index contributed by atoms with van der Waals surface area (Å²) in [6.07, 6.45) is 11.7. The van der Waals surface area contributed by atoms with Crippen LogP contribution in [0.2, 0.25) is 0 Å². The van der Waals surface area contributed by atoms with Gasteiger partial charge in [-0.15, -0.1) is 0 Å². The average molecular weight is 439 g/mol. The lowest BCUT2D eigenvalue weighted by Gasteiger charge is -2.13. The van der Waals surface area contributed by atoms with Crippen LogP contribution < -0.4 is 0 Å². The number of rotatable bonds is 10. The van der Waals surface area contributed by atoms with Crippen molar-refractivity contribution in [3.63, 3.8) is 0 Å². The molecule has 4 heteroatoms. The van der Waals surface area contributed by atoms with E-state index in [0.29, 0.717) is 6.42 Å². The number of nitrogens with zero attached hydrogens (tertiary/aromatic N) is 2. The molecule has 33 heavy (non-hydrogen) atoms. The van der Waals surface area contributed by atoms with Crippen molar-refractivity contribution in [2.45, 2.75) is 46.1 Å². The molecule has 0 fully saturated rings. The summed E-state index contributed by atoms with van der Waals surface area (Å²) < 4.78 is 7.77. The fourth-order valence-electron chi connectivity index (χ4n) is 3.97. The highest BCUT2D eigenvalue weighted by Gasteiger charge is 2.12. The van der Waals surface area contributed by atoms with Gasteiger partial charge in [0.05, 0.1) is 6.26 Å². The van der Waals surface area contributed by atoms with E-state index in [9.17, 15) is 4.79 Å². The minimum atomic E-state index is 0.270. The van der Waals surface area contributed by atoms with Crippen LogP contribution in [0.4, 0.5) is 0 Å². The Morgan fingerprint density at radius 1 is 1.00 bits per heavy atom. The largest absolute Gasteiger partial charge is 0.464 e. The Morgan fingerprint density at radius 2 is 1.79 bits per heavy atom. The molecule has 2 aromatic carbocycles. The summed E-state index contributed by atoms with van der Waals surface area (Å²) in [4.78, 5) is 15.8. The second-order valence-electron chi connectivity index (χ2n) is 8.41. The number of aromatic nitrogens is 2. The molecule has 0 bridgehead atoms. The maximum atomic E-state index is 11.1. The van der Waals surface area contributed by atoms with Crippen molar-refractivity contribution in [2.24, 2.45) is 0 Å². The molecule has 0 aliphatic carbocycles. The number of Topliss-reactive ketones (excluding diaryl/α,β-unsaturated/α-hetero) is 1. The third-order valence-electron chi connectivity index (χ3n) is 5.83. The zero-order valence-electron chi connectivity index (χ0n) is 19.3. The van der Waals surface area contributed by atoms with Gasteiger partial charge in [-0.05, 0) is 56.4 Å². The Labute approximate surface area is 195 Å². The molecular formula is C29H30N2O2. The SMILES string of the molecule is CC(=O)CCCC/C=C/c1ccccc1Cn1c(C)cnc1-c1ccc(-c2ccco2)cc1. The quantitative estimate of drug-likeness (QED) is 0.244. The van der Waals surface area contributed by atoms with E-state index in [1.807, 2.05) is 18.3 Å². The van der Waals surface area contributed by atoms with Gasteiger partial charge in [0.2, 0.25) is 0 Å². The summed E-state index contributed by atoms with van der Waals surface area (Å²) in [5.74, 6) is 2.09. The molecule has 0 spiro atoms. The topological polar surface area (TPSA) is 48.0 Å². The van der Waals surface area contributed by atoms with Gasteiger partial charge in [0.25, 0.3) is 0 Å². The van der Waals surface area contributed by atoms with Crippen molar-refractivity contribution in [1.82, 2.24) is 9.55 Å². The summed E-state index contributed by atoms with van der Waals surface area (Å²) in [6.45, 7) is 4.51. The fourth-order valence-corrected chi connectivity index (χ4v) is 3.97. The molecule has 4 nitrogen and oxygen atoms in total. The summed E-state index contributed by atoms with van der Waals surface area (Å²) in [5, 5.41) is 0. The molecule has 0 N–H and O–H groups in total. The van der Waals surface area contributed by atoms with E-state index >= 15 is 0 Å². The highest BCUT2D eigenvalue weighted by Crippen LogP contribution is 2.26. The first kappa shape index (κ1) is 22.5. The maximum Gasteiger partial charge on any atom is 0.140 e. The van der Waals surface area contributed by atoms with E-state index in [1.165, 1.54) is 11.1 Å². The van der Waals surface area contributed by atoms with Crippen molar-refractivity contribution >= 4 is 11.9 Å². The van der Waals surface area contributed by atoms with Crippen molar-refractivity contribution in [3.8, 4) is 22.7 Å².